The predicted octanol–water partition coefficient (Wildman–Crippen LogP) is 3.14. The van der Waals surface area contributed by atoms with E-state index in [1.54, 1.807) is 19.3 Å². The lowest BCUT2D eigenvalue weighted by molar-refractivity contribution is -0.0338. The van der Waals surface area contributed by atoms with Crippen LogP contribution in [0.4, 0.5) is 14.5 Å². The highest BCUT2D eigenvalue weighted by molar-refractivity contribution is 5.62. The van der Waals surface area contributed by atoms with Crippen LogP contribution in [0.15, 0.2) is 39.9 Å². The van der Waals surface area contributed by atoms with E-state index in [0.29, 0.717) is 36.1 Å². The number of ether oxygens (including phenoxy) is 1. The van der Waals surface area contributed by atoms with Gasteiger partial charge >= 0.3 is 0 Å². The number of hydrogen-bond acceptors (Lipinski definition) is 7. The lowest BCUT2D eigenvalue weighted by atomic mass is 9.89. The summed E-state index contributed by atoms with van der Waals surface area (Å²) < 4.78 is 39.1. The first-order valence-electron chi connectivity index (χ1n) is 11.1. The van der Waals surface area contributed by atoms with Gasteiger partial charge in [0, 0.05) is 54.5 Å². The van der Waals surface area contributed by atoms with Crippen LogP contribution in [0.5, 0.6) is 0 Å². The van der Waals surface area contributed by atoms with E-state index in [9.17, 15) is 13.6 Å². The Balaban J connectivity index is 1.19. The van der Waals surface area contributed by atoms with Crippen molar-refractivity contribution in [3.8, 4) is 11.3 Å². The fourth-order valence-corrected chi connectivity index (χ4v) is 4.70. The van der Waals surface area contributed by atoms with E-state index in [1.165, 1.54) is 23.6 Å². The number of hydrogen-bond donors (Lipinski definition) is 0. The average Bonchev–Trinajstić information content (AvgIpc) is 3.48. The van der Waals surface area contributed by atoms with Crippen molar-refractivity contribution in [2.45, 2.75) is 50.2 Å². The van der Waals surface area contributed by atoms with Crippen LogP contribution in [-0.2, 0) is 11.3 Å². The molecule has 1 saturated carbocycles. The molecule has 1 spiro atoms. The van der Waals surface area contributed by atoms with Gasteiger partial charge in [0.15, 0.2) is 0 Å². The van der Waals surface area contributed by atoms with Crippen LogP contribution in [0.1, 0.15) is 42.2 Å². The number of halogens is 2. The normalized spacial score (nSPS) is 20.9. The summed E-state index contributed by atoms with van der Waals surface area (Å²) in [7, 11) is 0. The molecule has 6 rings (SSSR count). The maximum atomic E-state index is 13.5. The summed E-state index contributed by atoms with van der Waals surface area (Å²) in [5, 5.41) is 8.49. The maximum absolute atomic E-state index is 13.5. The van der Waals surface area contributed by atoms with Crippen molar-refractivity contribution in [2.75, 3.05) is 24.6 Å². The highest BCUT2D eigenvalue weighted by Crippen LogP contribution is 2.43. The molecular weight excluding hydrogens is 432 g/mol. The van der Waals surface area contributed by atoms with Crippen molar-refractivity contribution in [3.05, 3.63) is 58.0 Å². The smallest absolute Gasteiger partial charge is 0.273 e. The Morgan fingerprint density at radius 1 is 1.21 bits per heavy atom. The zero-order chi connectivity index (χ0) is 22.8. The van der Waals surface area contributed by atoms with Crippen LogP contribution in [0, 0.1) is 6.92 Å². The summed E-state index contributed by atoms with van der Waals surface area (Å²) in [6, 6.07) is 5.47. The molecule has 0 atom stereocenters. The molecule has 3 aromatic heterocycles. The number of nitrogens with zero attached hydrogens (tertiary/aromatic N) is 5. The van der Waals surface area contributed by atoms with Gasteiger partial charge in [-0.15, -0.1) is 0 Å². The van der Waals surface area contributed by atoms with E-state index in [4.69, 9.17) is 9.26 Å². The van der Waals surface area contributed by atoms with Gasteiger partial charge < -0.3 is 14.2 Å². The molecule has 172 valence electrons. The molecule has 3 aromatic rings. The van der Waals surface area contributed by atoms with Crippen LogP contribution < -0.4 is 10.5 Å². The minimum absolute atomic E-state index is 0.202. The highest BCUT2D eigenvalue weighted by Gasteiger charge is 2.57. The molecule has 0 bridgehead atoms. The van der Waals surface area contributed by atoms with Gasteiger partial charge in [-0.2, -0.15) is 5.10 Å². The first-order valence-corrected chi connectivity index (χ1v) is 11.1. The maximum Gasteiger partial charge on any atom is 0.273 e. The first-order chi connectivity index (χ1) is 15.8. The Bertz CT molecular complexity index is 1260. The quantitative estimate of drug-likeness (QED) is 0.584. The van der Waals surface area contributed by atoms with Crippen LogP contribution in [0.3, 0.4) is 0 Å². The molecule has 33 heavy (non-hydrogen) atoms. The third-order valence-electron chi connectivity index (χ3n) is 6.70. The lowest BCUT2D eigenvalue weighted by Crippen LogP contribution is -2.62. The molecule has 0 amide bonds. The molecule has 3 aliphatic rings. The van der Waals surface area contributed by atoms with Crippen molar-refractivity contribution in [1.82, 2.24) is 19.9 Å². The van der Waals surface area contributed by atoms with E-state index in [1.807, 2.05) is 17.0 Å². The molecule has 0 N–H and O–H groups in total. The van der Waals surface area contributed by atoms with Crippen molar-refractivity contribution in [3.63, 3.8) is 0 Å². The molecule has 3 fully saturated rings. The monoisotopic (exact) mass is 455 g/mol. The Morgan fingerprint density at radius 2 is 2.03 bits per heavy atom. The van der Waals surface area contributed by atoms with Gasteiger partial charge in [0.25, 0.3) is 11.5 Å². The number of rotatable bonds is 5. The van der Waals surface area contributed by atoms with Crippen LogP contribution in [0.25, 0.3) is 11.3 Å². The Kier molecular flexibility index (Phi) is 4.45. The van der Waals surface area contributed by atoms with E-state index < -0.39 is 18.1 Å². The van der Waals surface area contributed by atoms with E-state index >= 15 is 0 Å². The summed E-state index contributed by atoms with van der Waals surface area (Å²) in [5.74, 6) is -1.61. The minimum Gasteiger partial charge on any atom is -0.365 e. The number of alkyl halides is 2. The van der Waals surface area contributed by atoms with Gasteiger partial charge in [0.2, 0.25) is 0 Å². The molecule has 5 heterocycles. The molecule has 8 nitrogen and oxygen atoms in total. The van der Waals surface area contributed by atoms with E-state index in [2.05, 4.69) is 15.2 Å². The van der Waals surface area contributed by atoms with Crippen molar-refractivity contribution < 1.29 is 18.0 Å². The summed E-state index contributed by atoms with van der Waals surface area (Å²) in [5.41, 5.74) is 2.81. The standard InChI is InChI=1S/C23H23F2N5O3/c1-14-18(21(28-33-14)16-4-5-19(26-7-16)15-2-3-15)9-30-20(31)6-17(8-27-30)29-11-22(12-29)10-23(24,25)13-32-22/h4-8,15H,2-3,9-13H2,1H3. The summed E-state index contributed by atoms with van der Waals surface area (Å²) in [6.45, 7) is 2.11. The Labute approximate surface area is 188 Å². The van der Waals surface area contributed by atoms with Crippen LogP contribution in [0.2, 0.25) is 0 Å². The molecule has 2 aliphatic heterocycles. The third-order valence-corrected chi connectivity index (χ3v) is 6.70. The number of aryl methyl sites for hydroxylation is 1. The predicted molar refractivity (Wildman–Crippen MR) is 115 cm³/mol. The zero-order valence-electron chi connectivity index (χ0n) is 18.1. The lowest BCUT2D eigenvalue weighted by Gasteiger charge is -2.47. The molecular formula is C23H23F2N5O3. The minimum atomic E-state index is -2.78. The zero-order valence-corrected chi connectivity index (χ0v) is 18.1. The highest BCUT2D eigenvalue weighted by atomic mass is 19.3. The summed E-state index contributed by atoms with van der Waals surface area (Å²) in [6.07, 6.45) is 5.46. The molecule has 0 unspecified atom stereocenters. The Morgan fingerprint density at radius 3 is 2.67 bits per heavy atom. The molecule has 1 aliphatic carbocycles. The topological polar surface area (TPSA) is 86.3 Å². The van der Waals surface area contributed by atoms with E-state index in [-0.39, 0.29) is 18.5 Å². The molecule has 0 radical (unpaired) electrons. The summed E-state index contributed by atoms with van der Waals surface area (Å²) >= 11 is 0. The van der Waals surface area contributed by atoms with Gasteiger partial charge in [-0.3, -0.25) is 9.78 Å². The van der Waals surface area contributed by atoms with Crippen molar-refractivity contribution in [2.24, 2.45) is 0 Å². The summed E-state index contributed by atoms with van der Waals surface area (Å²) in [4.78, 5) is 19.2. The number of anilines is 1. The van der Waals surface area contributed by atoms with Crippen LogP contribution in [-0.4, -0.2) is 51.1 Å². The fraction of sp³-hybridized carbons (Fsp3) is 0.478. The second-order valence-corrected chi connectivity index (χ2v) is 9.38. The third kappa shape index (κ3) is 3.72. The number of pyridine rings is 1. The average molecular weight is 455 g/mol. The molecule has 0 aromatic carbocycles. The van der Waals surface area contributed by atoms with Gasteiger partial charge in [-0.1, -0.05) is 5.16 Å². The van der Waals surface area contributed by atoms with E-state index in [0.717, 1.165) is 16.8 Å². The van der Waals surface area contributed by atoms with Gasteiger partial charge in [-0.05, 0) is 31.9 Å². The SMILES string of the molecule is Cc1onc(-c2ccc(C3CC3)nc2)c1Cn1ncc(N2CC3(C2)CC(F)(F)CO3)cc1=O. The van der Waals surface area contributed by atoms with Crippen LogP contribution >= 0.6 is 0 Å². The second-order valence-electron chi connectivity index (χ2n) is 9.38. The number of aromatic nitrogens is 4. The van der Waals surface area contributed by atoms with Crippen molar-refractivity contribution in [1.29, 1.82) is 0 Å². The second kappa shape index (κ2) is 7.18. The molecule has 10 heteroatoms. The van der Waals surface area contributed by atoms with Gasteiger partial charge in [-0.25, -0.2) is 13.5 Å². The Hall–Kier alpha value is -3.14. The van der Waals surface area contributed by atoms with Crippen molar-refractivity contribution >= 4 is 5.69 Å². The molecule has 2 saturated heterocycles. The van der Waals surface area contributed by atoms with Gasteiger partial charge in [0.05, 0.1) is 18.4 Å². The van der Waals surface area contributed by atoms with Gasteiger partial charge in [0.1, 0.15) is 23.7 Å². The largest absolute Gasteiger partial charge is 0.365 e. The first kappa shape index (κ1) is 20.5. The fourth-order valence-electron chi connectivity index (χ4n) is 4.70.